The quantitative estimate of drug-likeness (QED) is 0.258. The molecule has 0 spiro atoms. The predicted octanol–water partition coefficient (Wildman–Crippen LogP) is 6.82. The lowest BCUT2D eigenvalue weighted by Gasteiger charge is -2.13. The second-order valence-corrected chi connectivity index (χ2v) is 8.07. The first-order valence-corrected chi connectivity index (χ1v) is 11.1. The van der Waals surface area contributed by atoms with Crippen molar-refractivity contribution in [3.05, 3.63) is 114 Å². The molecule has 5 rings (SSSR count). The van der Waals surface area contributed by atoms with E-state index in [1.54, 1.807) is 42.9 Å². The number of aromatic nitrogens is 2. The number of carbonyl (C=O) groups is 1. The summed E-state index contributed by atoms with van der Waals surface area (Å²) in [4.78, 5) is 21.2. The number of hydrogen-bond acceptors (Lipinski definition) is 5. The fourth-order valence-corrected chi connectivity index (χ4v) is 3.72. The summed E-state index contributed by atoms with van der Waals surface area (Å²) in [7, 11) is 0. The van der Waals surface area contributed by atoms with Crippen LogP contribution in [0.15, 0.2) is 97.5 Å². The molecule has 0 atom stereocenters. The highest BCUT2D eigenvalue weighted by Gasteiger charge is 2.10. The van der Waals surface area contributed by atoms with Gasteiger partial charge in [0.05, 0.1) is 5.52 Å². The number of nitrogens with one attached hydrogen (secondary N) is 3. The van der Waals surface area contributed by atoms with Gasteiger partial charge in [0.25, 0.3) is 5.91 Å². The van der Waals surface area contributed by atoms with Crippen LogP contribution in [0.1, 0.15) is 15.9 Å². The number of fused-ring (bicyclic) bond motifs is 1. The number of benzene rings is 3. The van der Waals surface area contributed by atoms with Crippen LogP contribution in [-0.4, -0.2) is 15.9 Å². The van der Waals surface area contributed by atoms with Crippen LogP contribution in [0, 0.1) is 12.7 Å². The number of pyridine rings is 2. The number of nitrogens with zero attached hydrogens (tertiary/aromatic N) is 2. The minimum absolute atomic E-state index is 0.211. The van der Waals surface area contributed by atoms with Crippen molar-refractivity contribution in [1.29, 1.82) is 0 Å². The summed E-state index contributed by atoms with van der Waals surface area (Å²) in [5.41, 5.74) is 6.18. The summed E-state index contributed by atoms with van der Waals surface area (Å²) < 4.78 is 13.7. The number of anilines is 5. The second kappa shape index (κ2) is 9.61. The molecule has 0 saturated carbocycles. The summed E-state index contributed by atoms with van der Waals surface area (Å²) in [6.07, 6.45) is 5.10. The first kappa shape index (κ1) is 22.0. The van der Waals surface area contributed by atoms with Crippen LogP contribution in [0.5, 0.6) is 0 Å². The molecule has 0 bridgehead atoms. The van der Waals surface area contributed by atoms with Crippen LogP contribution in [-0.2, 0) is 0 Å². The summed E-state index contributed by atoms with van der Waals surface area (Å²) >= 11 is 0. The largest absolute Gasteiger partial charge is 0.355 e. The zero-order valence-electron chi connectivity index (χ0n) is 18.9. The molecule has 0 aliphatic carbocycles. The molecule has 7 heteroatoms. The Kier molecular flexibility index (Phi) is 6.05. The van der Waals surface area contributed by atoms with E-state index in [2.05, 4.69) is 25.9 Å². The Morgan fingerprint density at radius 2 is 1.49 bits per heavy atom. The summed E-state index contributed by atoms with van der Waals surface area (Å²) in [6, 6.07) is 23.0. The third kappa shape index (κ3) is 5.09. The van der Waals surface area contributed by atoms with Gasteiger partial charge in [-0.15, -0.1) is 0 Å². The van der Waals surface area contributed by atoms with Crippen LogP contribution >= 0.6 is 0 Å². The molecule has 0 saturated heterocycles. The van der Waals surface area contributed by atoms with Crippen LogP contribution < -0.4 is 16.0 Å². The molecule has 3 aromatic carbocycles. The van der Waals surface area contributed by atoms with Crippen molar-refractivity contribution in [2.45, 2.75) is 6.92 Å². The van der Waals surface area contributed by atoms with Crippen LogP contribution in [0.25, 0.3) is 10.9 Å². The van der Waals surface area contributed by atoms with Crippen molar-refractivity contribution in [2.24, 2.45) is 0 Å². The molecule has 0 aliphatic rings. The number of halogens is 1. The molecule has 172 valence electrons. The van der Waals surface area contributed by atoms with Crippen LogP contribution in [0.4, 0.5) is 32.8 Å². The number of rotatable bonds is 6. The molecule has 6 nitrogen and oxygen atoms in total. The molecule has 0 unspecified atom stereocenters. The van der Waals surface area contributed by atoms with Gasteiger partial charge < -0.3 is 16.0 Å². The second-order valence-electron chi connectivity index (χ2n) is 8.07. The molecule has 3 N–H and O–H groups in total. The summed E-state index contributed by atoms with van der Waals surface area (Å²) in [6.45, 7) is 1.95. The Bertz CT molecular complexity index is 1500. The van der Waals surface area contributed by atoms with Crippen molar-refractivity contribution in [1.82, 2.24) is 9.97 Å². The van der Waals surface area contributed by atoms with E-state index in [0.717, 1.165) is 34.0 Å². The lowest BCUT2D eigenvalue weighted by Crippen LogP contribution is -2.13. The number of carbonyl (C=O) groups excluding carboxylic acids is 1. The average molecular weight is 464 g/mol. The van der Waals surface area contributed by atoms with Crippen molar-refractivity contribution < 1.29 is 9.18 Å². The lowest BCUT2D eigenvalue weighted by molar-refractivity contribution is 0.102. The van der Waals surface area contributed by atoms with Crippen molar-refractivity contribution in [3.8, 4) is 0 Å². The van der Waals surface area contributed by atoms with E-state index in [1.165, 1.54) is 12.1 Å². The van der Waals surface area contributed by atoms with Crippen molar-refractivity contribution >= 4 is 45.2 Å². The van der Waals surface area contributed by atoms with E-state index < -0.39 is 0 Å². The van der Waals surface area contributed by atoms with Crippen molar-refractivity contribution in [3.63, 3.8) is 0 Å². The highest BCUT2D eigenvalue weighted by molar-refractivity contribution is 6.05. The Morgan fingerprint density at radius 3 is 2.29 bits per heavy atom. The van der Waals surface area contributed by atoms with E-state index in [4.69, 9.17) is 0 Å². The molecule has 2 heterocycles. The highest BCUT2D eigenvalue weighted by Crippen LogP contribution is 2.27. The number of amides is 1. The fraction of sp³-hybridized carbons (Fsp3) is 0.0357. The van der Waals surface area contributed by atoms with Gasteiger partial charge in [0.15, 0.2) is 0 Å². The SMILES string of the molecule is Cc1ccc(Nc2ccncc2)cc1NC(=O)c1ccc(Nc2ccnc3ccc(F)cc23)cc1. The first-order chi connectivity index (χ1) is 17.0. The van der Waals surface area contributed by atoms with Gasteiger partial charge in [-0.25, -0.2) is 4.39 Å². The predicted molar refractivity (Wildman–Crippen MR) is 138 cm³/mol. The zero-order chi connectivity index (χ0) is 24.2. The molecule has 0 aliphatic heterocycles. The maximum absolute atomic E-state index is 13.7. The number of hydrogen-bond donors (Lipinski definition) is 3. The normalized spacial score (nSPS) is 10.7. The van der Waals surface area contributed by atoms with Gasteiger partial charge in [0, 0.05) is 58.0 Å². The number of aryl methyl sites for hydroxylation is 1. The van der Waals surface area contributed by atoms with Crippen molar-refractivity contribution in [2.75, 3.05) is 16.0 Å². The minimum atomic E-state index is -0.323. The van der Waals surface area contributed by atoms with E-state index in [-0.39, 0.29) is 11.7 Å². The Morgan fingerprint density at radius 1 is 0.743 bits per heavy atom. The molecule has 0 radical (unpaired) electrons. The van der Waals surface area contributed by atoms with Gasteiger partial charge in [0.2, 0.25) is 0 Å². The topological polar surface area (TPSA) is 78.9 Å². The average Bonchev–Trinajstić information content (AvgIpc) is 2.87. The summed E-state index contributed by atoms with van der Waals surface area (Å²) in [5, 5.41) is 10.3. The van der Waals surface area contributed by atoms with Gasteiger partial charge in [-0.1, -0.05) is 6.07 Å². The van der Waals surface area contributed by atoms with Gasteiger partial charge in [0.1, 0.15) is 5.82 Å². The Labute approximate surface area is 201 Å². The molecule has 35 heavy (non-hydrogen) atoms. The van der Waals surface area contributed by atoms with E-state index in [1.807, 2.05) is 49.4 Å². The van der Waals surface area contributed by atoms with Crippen LogP contribution in [0.2, 0.25) is 0 Å². The maximum Gasteiger partial charge on any atom is 0.255 e. The van der Waals surface area contributed by atoms with Crippen LogP contribution in [0.3, 0.4) is 0 Å². The molecular weight excluding hydrogens is 441 g/mol. The Hall–Kier alpha value is -4.78. The van der Waals surface area contributed by atoms with E-state index in [9.17, 15) is 9.18 Å². The van der Waals surface area contributed by atoms with E-state index in [0.29, 0.717) is 16.5 Å². The third-order valence-electron chi connectivity index (χ3n) is 5.58. The third-order valence-corrected chi connectivity index (χ3v) is 5.58. The highest BCUT2D eigenvalue weighted by atomic mass is 19.1. The molecular formula is C28H22FN5O. The Balaban J connectivity index is 1.30. The van der Waals surface area contributed by atoms with Gasteiger partial charge in [-0.2, -0.15) is 0 Å². The van der Waals surface area contributed by atoms with Gasteiger partial charge >= 0.3 is 0 Å². The minimum Gasteiger partial charge on any atom is -0.355 e. The zero-order valence-corrected chi connectivity index (χ0v) is 18.9. The van der Waals surface area contributed by atoms with Gasteiger partial charge in [-0.05, 0) is 85.3 Å². The first-order valence-electron chi connectivity index (χ1n) is 11.1. The lowest BCUT2D eigenvalue weighted by atomic mass is 10.1. The molecule has 0 fully saturated rings. The smallest absolute Gasteiger partial charge is 0.255 e. The molecule has 2 aromatic heterocycles. The standard InChI is InChI=1S/C28H22FN5O/c1-18-2-6-23(32-22-10-13-30-14-11-22)17-27(18)34-28(35)19-3-7-21(8-4-19)33-26-12-15-31-25-9-5-20(29)16-24(25)26/h2-17H,1H3,(H,30,32)(H,31,33)(H,34,35). The fourth-order valence-electron chi connectivity index (χ4n) is 3.72. The molecule has 1 amide bonds. The van der Waals surface area contributed by atoms with Gasteiger partial charge in [-0.3, -0.25) is 14.8 Å². The maximum atomic E-state index is 13.7. The summed E-state index contributed by atoms with van der Waals surface area (Å²) in [5.74, 6) is -0.534. The monoisotopic (exact) mass is 463 g/mol. The van der Waals surface area contributed by atoms with E-state index >= 15 is 0 Å². The molecule has 5 aromatic rings.